The Kier molecular flexibility index (Phi) is 1.07. The second-order valence-electron chi connectivity index (χ2n) is 1.39. The van der Waals surface area contributed by atoms with Gasteiger partial charge in [-0.1, -0.05) is 5.21 Å². The first kappa shape index (κ1) is 4.96. The van der Waals surface area contributed by atoms with Crippen molar-refractivity contribution in [2.24, 2.45) is 0 Å². The third-order valence-corrected chi connectivity index (χ3v) is 0.820. The number of H-pyrrole nitrogens is 1. The van der Waals surface area contributed by atoms with Gasteiger partial charge in [-0.25, -0.2) is 0 Å². The van der Waals surface area contributed by atoms with Crippen molar-refractivity contribution in [2.45, 2.75) is 6.92 Å². The number of aryl methyl sites for hydroxylation is 1. The normalized spacial score (nSPS) is 9.12. The zero-order chi connectivity index (χ0) is 5.98. The number of carbonyl (C=O) groups excluding carboxylic acids is 1. The smallest absolute Gasteiger partial charge is 0.257 e. The molecule has 1 aromatic rings. The number of nitrogens with zero attached hydrogens (tertiary/aromatic N) is 2. The SMILES string of the molecule is Cc1[nH]nnc1[C]=O. The van der Waals surface area contributed by atoms with E-state index in [0.717, 1.165) is 0 Å². The lowest BCUT2D eigenvalue weighted by Crippen LogP contribution is -1.81. The Balaban J connectivity index is 3.09. The molecule has 0 saturated heterocycles. The fraction of sp³-hybridized carbons (Fsp3) is 0.250. The number of rotatable bonds is 1. The van der Waals surface area contributed by atoms with Gasteiger partial charge in [0.25, 0.3) is 6.29 Å². The molecule has 0 spiro atoms. The summed E-state index contributed by atoms with van der Waals surface area (Å²) in [5, 5.41) is 9.26. The molecule has 0 aliphatic heterocycles. The number of aromatic nitrogens is 3. The van der Waals surface area contributed by atoms with Crippen LogP contribution in [0.3, 0.4) is 0 Å². The Morgan fingerprint density at radius 2 is 2.50 bits per heavy atom. The van der Waals surface area contributed by atoms with Crippen molar-refractivity contribution in [1.82, 2.24) is 15.4 Å². The number of nitrogens with one attached hydrogen (secondary N) is 1. The summed E-state index contributed by atoms with van der Waals surface area (Å²) >= 11 is 0. The topological polar surface area (TPSA) is 58.6 Å². The lowest BCUT2D eigenvalue weighted by Gasteiger charge is -1.74. The van der Waals surface area contributed by atoms with Crippen molar-refractivity contribution in [3.05, 3.63) is 11.4 Å². The average molecular weight is 110 g/mol. The van der Waals surface area contributed by atoms with Crippen LogP contribution in [0.1, 0.15) is 11.4 Å². The molecule has 0 amide bonds. The minimum absolute atomic E-state index is 0.255. The van der Waals surface area contributed by atoms with E-state index < -0.39 is 0 Å². The number of hydrogen-bond donors (Lipinski definition) is 1. The van der Waals surface area contributed by atoms with Gasteiger partial charge in [-0.15, -0.1) is 5.10 Å². The molecule has 0 fully saturated rings. The molecule has 1 aromatic heterocycles. The first-order valence-electron chi connectivity index (χ1n) is 2.10. The molecule has 4 nitrogen and oxygen atoms in total. The summed E-state index contributed by atoms with van der Waals surface area (Å²) in [5.74, 6) is 0. The van der Waals surface area contributed by atoms with Crippen LogP contribution in [0.5, 0.6) is 0 Å². The Labute approximate surface area is 45.9 Å². The Bertz CT molecular complexity index is 193. The first-order chi connectivity index (χ1) is 3.84. The summed E-state index contributed by atoms with van der Waals surface area (Å²) in [5.41, 5.74) is 0.907. The Morgan fingerprint density at radius 3 is 2.75 bits per heavy atom. The van der Waals surface area contributed by atoms with Crippen molar-refractivity contribution in [2.75, 3.05) is 0 Å². The second-order valence-corrected chi connectivity index (χ2v) is 1.39. The van der Waals surface area contributed by atoms with Gasteiger partial charge in [-0.05, 0) is 6.92 Å². The van der Waals surface area contributed by atoms with E-state index in [-0.39, 0.29) is 5.69 Å². The molecule has 1 heterocycles. The monoisotopic (exact) mass is 110 g/mol. The van der Waals surface area contributed by atoms with Crippen molar-refractivity contribution >= 4 is 6.29 Å². The predicted molar refractivity (Wildman–Crippen MR) is 25.9 cm³/mol. The molecule has 0 saturated carbocycles. The predicted octanol–water partition coefficient (Wildman–Crippen LogP) is -0.429. The maximum atomic E-state index is 9.84. The van der Waals surface area contributed by atoms with Gasteiger partial charge in [0.2, 0.25) is 0 Å². The van der Waals surface area contributed by atoms with Gasteiger partial charge < -0.3 is 0 Å². The molecule has 0 aromatic carbocycles. The van der Waals surface area contributed by atoms with E-state index >= 15 is 0 Å². The van der Waals surface area contributed by atoms with E-state index in [9.17, 15) is 4.79 Å². The molecule has 4 heteroatoms. The van der Waals surface area contributed by atoms with Crippen molar-refractivity contribution in [1.29, 1.82) is 0 Å². The van der Waals surface area contributed by atoms with Gasteiger partial charge >= 0.3 is 0 Å². The molecule has 41 valence electrons. The van der Waals surface area contributed by atoms with Gasteiger partial charge in [0.15, 0.2) is 5.69 Å². The standard InChI is InChI=1S/C4H4N3O/c1-3-4(2-8)6-7-5-3/h1H3,(H,5,6,7). The van der Waals surface area contributed by atoms with Crippen LogP contribution in [0.25, 0.3) is 0 Å². The lowest BCUT2D eigenvalue weighted by molar-refractivity contribution is 0.561. The molecular formula is C4H4N3O. The van der Waals surface area contributed by atoms with E-state index in [0.29, 0.717) is 5.69 Å². The molecule has 0 unspecified atom stereocenters. The van der Waals surface area contributed by atoms with E-state index in [1.54, 1.807) is 13.2 Å². The lowest BCUT2D eigenvalue weighted by atomic mass is 10.4. The van der Waals surface area contributed by atoms with Crippen LogP contribution in [-0.4, -0.2) is 21.7 Å². The highest BCUT2D eigenvalue weighted by Gasteiger charge is 1.97. The zero-order valence-electron chi connectivity index (χ0n) is 4.30. The third-order valence-electron chi connectivity index (χ3n) is 0.820. The quantitative estimate of drug-likeness (QED) is 0.533. The molecule has 8 heavy (non-hydrogen) atoms. The molecule has 0 atom stereocenters. The van der Waals surface area contributed by atoms with Crippen molar-refractivity contribution < 1.29 is 4.79 Å². The van der Waals surface area contributed by atoms with Crippen LogP contribution >= 0.6 is 0 Å². The number of hydrogen-bond acceptors (Lipinski definition) is 3. The summed E-state index contributed by atoms with van der Waals surface area (Å²) in [7, 11) is 0. The van der Waals surface area contributed by atoms with Crippen molar-refractivity contribution in [3.63, 3.8) is 0 Å². The third kappa shape index (κ3) is 0.598. The molecule has 1 radical (unpaired) electrons. The van der Waals surface area contributed by atoms with Gasteiger partial charge in [0.1, 0.15) is 0 Å². The average Bonchev–Trinajstić information content (AvgIpc) is 2.14. The molecule has 1 rings (SSSR count). The minimum atomic E-state index is 0.255. The van der Waals surface area contributed by atoms with Crippen LogP contribution in [0.4, 0.5) is 0 Å². The van der Waals surface area contributed by atoms with Gasteiger partial charge in [0, 0.05) is 0 Å². The van der Waals surface area contributed by atoms with Crippen LogP contribution < -0.4 is 0 Å². The fourth-order valence-electron chi connectivity index (χ4n) is 0.375. The molecular weight excluding hydrogens is 106 g/mol. The molecule has 1 N–H and O–H groups in total. The van der Waals surface area contributed by atoms with E-state index in [4.69, 9.17) is 0 Å². The van der Waals surface area contributed by atoms with Crippen LogP contribution in [0.2, 0.25) is 0 Å². The van der Waals surface area contributed by atoms with Gasteiger partial charge in [-0.2, -0.15) is 0 Å². The van der Waals surface area contributed by atoms with Crippen LogP contribution in [0, 0.1) is 6.92 Å². The summed E-state index contributed by atoms with van der Waals surface area (Å²) in [6.07, 6.45) is 1.62. The Morgan fingerprint density at radius 1 is 1.75 bits per heavy atom. The van der Waals surface area contributed by atoms with Crippen LogP contribution in [-0.2, 0) is 4.79 Å². The van der Waals surface area contributed by atoms with Crippen molar-refractivity contribution in [3.8, 4) is 0 Å². The summed E-state index contributed by atoms with van der Waals surface area (Å²) in [6, 6.07) is 0. The Hall–Kier alpha value is -1.19. The zero-order valence-corrected chi connectivity index (χ0v) is 4.30. The van der Waals surface area contributed by atoms with E-state index in [2.05, 4.69) is 15.4 Å². The summed E-state index contributed by atoms with van der Waals surface area (Å²) in [4.78, 5) is 9.84. The maximum absolute atomic E-state index is 9.84. The highest BCUT2D eigenvalue weighted by molar-refractivity contribution is 5.73. The molecule has 0 aliphatic rings. The van der Waals surface area contributed by atoms with Gasteiger partial charge in [-0.3, -0.25) is 9.89 Å². The van der Waals surface area contributed by atoms with Crippen LogP contribution in [0.15, 0.2) is 0 Å². The fourth-order valence-corrected chi connectivity index (χ4v) is 0.375. The largest absolute Gasteiger partial charge is 0.283 e. The number of aromatic amines is 1. The summed E-state index contributed by atoms with van der Waals surface area (Å²) in [6.45, 7) is 1.71. The minimum Gasteiger partial charge on any atom is -0.283 e. The molecule has 0 aliphatic carbocycles. The maximum Gasteiger partial charge on any atom is 0.257 e. The summed E-state index contributed by atoms with van der Waals surface area (Å²) < 4.78 is 0. The second kappa shape index (κ2) is 1.73. The highest BCUT2D eigenvalue weighted by atomic mass is 16.1. The first-order valence-corrected chi connectivity index (χ1v) is 2.10. The van der Waals surface area contributed by atoms with E-state index in [1.807, 2.05) is 0 Å². The highest BCUT2D eigenvalue weighted by Crippen LogP contribution is 1.90. The van der Waals surface area contributed by atoms with Gasteiger partial charge in [0.05, 0.1) is 5.69 Å². The molecule has 0 bridgehead atoms. The van der Waals surface area contributed by atoms with E-state index in [1.165, 1.54) is 0 Å².